The maximum Gasteiger partial charge on any atom is 0.349 e. The lowest BCUT2D eigenvalue weighted by atomic mass is 9.97. The zero-order valence-electron chi connectivity index (χ0n) is 17.0. The molecule has 0 radical (unpaired) electrons. The van der Waals surface area contributed by atoms with Crippen LogP contribution in [-0.2, 0) is 12.8 Å². The maximum atomic E-state index is 12.9. The third kappa shape index (κ3) is 5.61. The number of aryl methyl sites for hydroxylation is 3. The highest BCUT2D eigenvalue weighted by molar-refractivity contribution is 5.95. The molecular weight excluding hydrogens is 392 g/mol. The lowest BCUT2D eigenvalue weighted by molar-refractivity contribution is 0.0672. The summed E-state index contributed by atoms with van der Waals surface area (Å²) in [5.74, 6) is 1.46. The van der Waals surface area contributed by atoms with Gasteiger partial charge in [-0.1, -0.05) is 12.1 Å². The van der Waals surface area contributed by atoms with E-state index in [-0.39, 0.29) is 23.9 Å². The lowest BCUT2D eigenvalue weighted by Crippen LogP contribution is -2.43. The molecule has 2 N–H and O–H groups in total. The average Bonchev–Trinajstić information content (AvgIpc) is 2.72. The Kier molecular flexibility index (Phi) is 8.29. The van der Waals surface area contributed by atoms with Crippen LogP contribution in [0.15, 0.2) is 39.5 Å². The molecule has 1 atom stereocenters. The highest BCUT2D eigenvalue weighted by Gasteiger charge is 2.27. The molecule has 1 aromatic heterocycles. The number of methoxy groups -OCH3 is 1. The van der Waals surface area contributed by atoms with E-state index in [0.29, 0.717) is 43.3 Å². The number of carbonyl (C=O) groups excluding carboxylic acids is 1. The van der Waals surface area contributed by atoms with E-state index < -0.39 is 5.63 Å². The third-order valence-electron chi connectivity index (χ3n) is 5.37. The van der Waals surface area contributed by atoms with Crippen molar-refractivity contribution in [2.75, 3.05) is 26.7 Å². The fourth-order valence-electron chi connectivity index (χ4n) is 3.71. The Hall–Kier alpha value is -2.31. The predicted octanol–water partition coefficient (Wildman–Crippen LogP) is 2.97. The first-order valence-corrected chi connectivity index (χ1v) is 9.77. The van der Waals surface area contributed by atoms with Crippen molar-refractivity contribution >= 4 is 18.3 Å². The standard InChI is InChI=1S/C22H28N2O4.ClH/c1-15-12-19(10-7-16-5-8-18(27-2)9-6-16)28-22(26)20(15)21(25)24-11-3-4-17(13-23)14-24;/h5-6,8-9,12,17H,3-4,7,10-11,13-14,23H2,1-2H3;1H. The molecule has 0 spiro atoms. The third-order valence-corrected chi connectivity index (χ3v) is 5.37. The van der Waals surface area contributed by atoms with Gasteiger partial charge in [0, 0.05) is 19.5 Å². The number of rotatable bonds is 6. The largest absolute Gasteiger partial charge is 0.497 e. The quantitative estimate of drug-likeness (QED) is 0.776. The molecule has 0 aliphatic carbocycles. The van der Waals surface area contributed by atoms with Crippen molar-refractivity contribution in [3.63, 3.8) is 0 Å². The van der Waals surface area contributed by atoms with E-state index >= 15 is 0 Å². The van der Waals surface area contributed by atoms with Crippen LogP contribution in [0.4, 0.5) is 0 Å². The Labute approximate surface area is 177 Å². The molecule has 0 bridgehead atoms. The maximum absolute atomic E-state index is 12.9. The van der Waals surface area contributed by atoms with Gasteiger partial charge in [0.15, 0.2) is 0 Å². The van der Waals surface area contributed by atoms with Crippen LogP contribution in [0.5, 0.6) is 5.75 Å². The van der Waals surface area contributed by atoms with Gasteiger partial charge < -0.3 is 19.8 Å². The predicted molar refractivity (Wildman–Crippen MR) is 115 cm³/mol. The summed E-state index contributed by atoms with van der Waals surface area (Å²) in [7, 11) is 1.63. The molecule has 1 saturated heterocycles. The van der Waals surface area contributed by atoms with Gasteiger partial charge in [-0.3, -0.25) is 4.79 Å². The second kappa shape index (κ2) is 10.5. The Bertz CT molecular complexity index is 879. The number of ether oxygens (including phenoxy) is 1. The smallest absolute Gasteiger partial charge is 0.349 e. The van der Waals surface area contributed by atoms with Crippen LogP contribution in [0.3, 0.4) is 0 Å². The van der Waals surface area contributed by atoms with E-state index in [4.69, 9.17) is 14.9 Å². The molecule has 1 amide bonds. The SMILES string of the molecule is COc1ccc(CCc2cc(C)c(C(=O)N3CCCC(CN)C3)c(=O)o2)cc1.Cl. The number of likely N-dealkylation sites (tertiary alicyclic amines) is 1. The number of hydrogen-bond acceptors (Lipinski definition) is 5. The van der Waals surface area contributed by atoms with E-state index in [1.54, 1.807) is 18.9 Å². The van der Waals surface area contributed by atoms with Gasteiger partial charge in [-0.05, 0) is 68.0 Å². The van der Waals surface area contributed by atoms with Crippen LogP contribution in [0, 0.1) is 12.8 Å². The molecule has 2 aromatic rings. The molecule has 2 heterocycles. The number of carbonyl (C=O) groups is 1. The molecule has 1 aliphatic heterocycles. The average molecular weight is 421 g/mol. The van der Waals surface area contributed by atoms with Crippen LogP contribution in [0.2, 0.25) is 0 Å². The molecule has 1 fully saturated rings. The van der Waals surface area contributed by atoms with Gasteiger partial charge in [0.25, 0.3) is 5.91 Å². The summed E-state index contributed by atoms with van der Waals surface area (Å²) in [4.78, 5) is 27.1. The molecule has 6 nitrogen and oxygen atoms in total. The summed E-state index contributed by atoms with van der Waals surface area (Å²) in [6, 6.07) is 9.61. The van der Waals surface area contributed by atoms with Gasteiger partial charge in [0.2, 0.25) is 0 Å². The fourth-order valence-corrected chi connectivity index (χ4v) is 3.71. The van der Waals surface area contributed by atoms with Crippen molar-refractivity contribution in [2.24, 2.45) is 11.7 Å². The van der Waals surface area contributed by atoms with Gasteiger partial charge in [-0.25, -0.2) is 4.79 Å². The Morgan fingerprint density at radius 2 is 2.00 bits per heavy atom. The van der Waals surface area contributed by atoms with Crippen molar-refractivity contribution in [1.29, 1.82) is 0 Å². The van der Waals surface area contributed by atoms with Crippen molar-refractivity contribution in [1.82, 2.24) is 4.90 Å². The van der Waals surface area contributed by atoms with Crippen molar-refractivity contribution in [2.45, 2.75) is 32.6 Å². The highest BCUT2D eigenvalue weighted by Crippen LogP contribution is 2.19. The second-order valence-electron chi connectivity index (χ2n) is 7.40. The molecule has 7 heteroatoms. The molecular formula is C22H29ClN2O4. The van der Waals surface area contributed by atoms with Crippen molar-refractivity contribution in [3.05, 3.63) is 63.2 Å². The Morgan fingerprint density at radius 3 is 2.62 bits per heavy atom. The number of benzene rings is 1. The van der Waals surface area contributed by atoms with E-state index in [2.05, 4.69) is 0 Å². The summed E-state index contributed by atoms with van der Waals surface area (Å²) >= 11 is 0. The topological polar surface area (TPSA) is 85.8 Å². The molecule has 0 saturated carbocycles. The van der Waals surface area contributed by atoms with E-state index in [9.17, 15) is 9.59 Å². The number of nitrogens with two attached hydrogens (primary N) is 1. The summed E-state index contributed by atoms with van der Waals surface area (Å²) in [6.45, 7) is 3.62. The van der Waals surface area contributed by atoms with Crippen LogP contribution in [0.1, 0.15) is 40.1 Å². The summed E-state index contributed by atoms with van der Waals surface area (Å²) in [6.07, 6.45) is 3.27. The number of nitrogens with zero attached hydrogens (tertiary/aromatic N) is 1. The fraction of sp³-hybridized carbons (Fsp3) is 0.455. The van der Waals surface area contributed by atoms with Crippen molar-refractivity contribution in [3.8, 4) is 5.75 Å². The first-order valence-electron chi connectivity index (χ1n) is 9.77. The molecule has 1 unspecified atom stereocenters. The number of piperidine rings is 1. The monoisotopic (exact) mass is 420 g/mol. The molecule has 1 aliphatic rings. The summed E-state index contributed by atoms with van der Waals surface area (Å²) in [5.41, 5.74) is 7.14. The van der Waals surface area contributed by atoms with Crippen LogP contribution < -0.4 is 16.1 Å². The molecule has 3 rings (SSSR count). The lowest BCUT2D eigenvalue weighted by Gasteiger charge is -2.32. The first-order chi connectivity index (χ1) is 13.5. The van der Waals surface area contributed by atoms with Gasteiger partial charge in [-0.2, -0.15) is 0 Å². The van der Waals surface area contributed by atoms with Crippen LogP contribution in [0.25, 0.3) is 0 Å². The minimum Gasteiger partial charge on any atom is -0.497 e. The zero-order valence-corrected chi connectivity index (χ0v) is 17.8. The van der Waals surface area contributed by atoms with Crippen LogP contribution in [-0.4, -0.2) is 37.6 Å². The van der Waals surface area contributed by atoms with E-state index in [1.165, 1.54) is 0 Å². The molecule has 158 valence electrons. The Balaban J connectivity index is 0.00000300. The number of hydrogen-bond donors (Lipinski definition) is 1. The second-order valence-corrected chi connectivity index (χ2v) is 7.40. The van der Waals surface area contributed by atoms with Gasteiger partial charge in [-0.15, -0.1) is 12.4 Å². The van der Waals surface area contributed by atoms with Gasteiger partial charge in [0.05, 0.1) is 7.11 Å². The van der Waals surface area contributed by atoms with Crippen LogP contribution >= 0.6 is 12.4 Å². The first kappa shape index (κ1) is 23.0. The van der Waals surface area contributed by atoms with Gasteiger partial charge in [0.1, 0.15) is 17.1 Å². The zero-order chi connectivity index (χ0) is 20.1. The number of amides is 1. The summed E-state index contributed by atoms with van der Waals surface area (Å²) < 4.78 is 10.6. The highest BCUT2D eigenvalue weighted by atomic mass is 35.5. The normalized spacial score (nSPS) is 16.2. The minimum absolute atomic E-state index is 0. The number of halogens is 1. The van der Waals surface area contributed by atoms with E-state index in [1.807, 2.05) is 30.3 Å². The minimum atomic E-state index is -0.551. The van der Waals surface area contributed by atoms with E-state index in [0.717, 1.165) is 30.6 Å². The summed E-state index contributed by atoms with van der Waals surface area (Å²) in [5, 5.41) is 0. The molecule has 1 aromatic carbocycles. The van der Waals surface area contributed by atoms with Gasteiger partial charge >= 0.3 is 5.63 Å². The Morgan fingerprint density at radius 1 is 1.28 bits per heavy atom. The van der Waals surface area contributed by atoms with Crippen molar-refractivity contribution < 1.29 is 13.9 Å². The molecule has 29 heavy (non-hydrogen) atoms.